The summed E-state index contributed by atoms with van der Waals surface area (Å²) in [5, 5.41) is 5.54. The summed E-state index contributed by atoms with van der Waals surface area (Å²) in [6.45, 7) is 4.60. The van der Waals surface area contributed by atoms with Crippen molar-refractivity contribution in [3.8, 4) is 17.4 Å². The molecule has 8 nitrogen and oxygen atoms in total. The maximum absolute atomic E-state index is 5.54. The molecule has 0 amide bonds. The van der Waals surface area contributed by atoms with Gasteiger partial charge in [0.1, 0.15) is 5.66 Å². The van der Waals surface area contributed by atoms with Crippen molar-refractivity contribution in [3.05, 3.63) is 65.8 Å². The first kappa shape index (κ1) is 20.9. The molecule has 3 heterocycles. The van der Waals surface area contributed by atoms with Crippen LogP contribution in [-0.4, -0.2) is 42.7 Å². The molecule has 1 atom stereocenters. The van der Waals surface area contributed by atoms with Gasteiger partial charge in [0.25, 0.3) is 0 Å². The second kappa shape index (κ2) is 8.41. The zero-order chi connectivity index (χ0) is 22.0. The minimum Gasteiger partial charge on any atom is -0.493 e. The summed E-state index contributed by atoms with van der Waals surface area (Å²) in [6.07, 6.45) is 3.95. The Morgan fingerprint density at radius 3 is 2.61 bits per heavy atom. The molecule has 0 radical (unpaired) electrons. The number of hydrazine groups is 1. The minimum atomic E-state index is -0.613. The van der Waals surface area contributed by atoms with Crippen LogP contribution < -0.4 is 25.0 Å². The summed E-state index contributed by atoms with van der Waals surface area (Å²) in [5.41, 5.74) is 6.70. The number of allylic oxidation sites excluding steroid dienone is 1. The molecule has 162 valence electrons. The predicted molar refractivity (Wildman–Crippen MR) is 120 cm³/mol. The van der Waals surface area contributed by atoms with Crippen molar-refractivity contribution in [1.82, 2.24) is 20.7 Å². The highest BCUT2D eigenvalue weighted by molar-refractivity contribution is 5.95. The molecule has 1 aromatic heterocycles. The number of methoxy groups -OCH3 is 3. The van der Waals surface area contributed by atoms with Gasteiger partial charge in [0.2, 0.25) is 5.88 Å². The number of fused-ring (bicyclic) bond motifs is 1. The smallest absolute Gasteiger partial charge is 0.213 e. The normalized spacial score (nSPS) is 19.9. The number of aromatic nitrogens is 1. The van der Waals surface area contributed by atoms with Crippen LogP contribution in [0.1, 0.15) is 25.1 Å². The maximum atomic E-state index is 5.54. The quantitative estimate of drug-likeness (QED) is 0.711. The number of pyridine rings is 1. The first-order valence-corrected chi connectivity index (χ1v) is 10.00. The van der Waals surface area contributed by atoms with E-state index >= 15 is 0 Å². The van der Waals surface area contributed by atoms with E-state index in [-0.39, 0.29) is 0 Å². The van der Waals surface area contributed by atoms with E-state index in [2.05, 4.69) is 22.7 Å². The number of nitrogens with one attached hydrogen (secondary N) is 2. The van der Waals surface area contributed by atoms with Gasteiger partial charge in [-0.25, -0.2) is 15.4 Å². The van der Waals surface area contributed by atoms with Crippen LogP contribution in [0, 0.1) is 0 Å². The lowest BCUT2D eigenvalue weighted by atomic mass is 9.94. The SMILES string of the molecule is COc1cccc(CNC2(C)NN3C=CC(C)=NC3=C2c2ccc(OC)c(OC)c2)n1. The number of hydrogen-bond acceptors (Lipinski definition) is 8. The lowest BCUT2D eigenvalue weighted by Gasteiger charge is -2.30. The third-order valence-corrected chi connectivity index (χ3v) is 5.33. The highest BCUT2D eigenvalue weighted by Gasteiger charge is 2.42. The summed E-state index contributed by atoms with van der Waals surface area (Å²) in [7, 11) is 4.88. The molecule has 2 aromatic rings. The number of benzene rings is 1. The van der Waals surface area contributed by atoms with E-state index in [1.807, 2.05) is 60.6 Å². The fourth-order valence-electron chi connectivity index (χ4n) is 3.77. The van der Waals surface area contributed by atoms with Crippen molar-refractivity contribution < 1.29 is 14.2 Å². The zero-order valence-electron chi connectivity index (χ0n) is 18.4. The Bertz CT molecular complexity index is 1080. The summed E-state index contributed by atoms with van der Waals surface area (Å²) < 4.78 is 16.2. The molecule has 0 saturated carbocycles. The van der Waals surface area contributed by atoms with Gasteiger partial charge in [-0.2, -0.15) is 0 Å². The number of nitrogens with zero attached hydrogens (tertiary/aromatic N) is 3. The molecule has 0 spiro atoms. The minimum absolute atomic E-state index is 0.533. The highest BCUT2D eigenvalue weighted by Crippen LogP contribution is 2.40. The van der Waals surface area contributed by atoms with Gasteiger partial charge >= 0.3 is 0 Å². The lowest BCUT2D eigenvalue weighted by Crippen LogP contribution is -2.54. The van der Waals surface area contributed by atoms with Gasteiger partial charge in [-0.1, -0.05) is 12.1 Å². The Morgan fingerprint density at radius 1 is 1.06 bits per heavy atom. The van der Waals surface area contributed by atoms with Crippen LogP contribution in [0.15, 0.2) is 59.5 Å². The van der Waals surface area contributed by atoms with Gasteiger partial charge in [0.05, 0.1) is 27.0 Å². The molecule has 0 aliphatic carbocycles. The average Bonchev–Trinajstić information content (AvgIpc) is 3.08. The fourth-order valence-corrected chi connectivity index (χ4v) is 3.77. The maximum Gasteiger partial charge on any atom is 0.213 e. The first-order chi connectivity index (χ1) is 15.0. The van der Waals surface area contributed by atoms with Gasteiger partial charge in [-0.3, -0.25) is 10.3 Å². The van der Waals surface area contributed by atoms with Crippen molar-refractivity contribution in [3.63, 3.8) is 0 Å². The largest absolute Gasteiger partial charge is 0.493 e. The fraction of sp³-hybridized carbons (Fsp3) is 0.304. The van der Waals surface area contributed by atoms with Crippen LogP contribution in [0.2, 0.25) is 0 Å². The molecule has 1 aromatic carbocycles. The highest BCUT2D eigenvalue weighted by atomic mass is 16.5. The Hall–Kier alpha value is -3.36. The summed E-state index contributed by atoms with van der Waals surface area (Å²) in [4.78, 5) is 9.32. The average molecular weight is 422 g/mol. The summed E-state index contributed by atoms with van der Waals surface area (Å²) in [6, 6.07) is 11.6. The molecule has 2 aliphatic heterocycles. The molecule has 8 heteroatoms. The van der Waals surface area contributed by atoms with Gasteiger partial charge in [-0.05, 0) is 43.7 Å². The molecular weight excluding hydrogens is 394 g/mol. The van der Waals surface area contributed by atoms with E-state index < -0.39 is 5.66 Å². The first-order valence-electron chi connectivity index (χ1n) is 10.00. The van der Waals surface area contributed by atoms with Gasteiger partial charge in [0, 0.05) is 30.1 Å². The van der Waals surface area contributed by atoms with Crippen molar-refractivity contribution in [2.45, 2.75) is 26.1 Å². The Morgan fingerprint density at radius 2 is 1.87 bits per heavy atom. The van der Waals surface area contributed by atoms with Crippen LogP contribution in [0.25, 0.3) is 5.57 Å². The molecule has 0 fully saturated rings. The van der Waals surface area contributed by atoms with Crippen molar-refractivity contribution in [2.75, 3.05) is 21.3 Å². The van der Waals surface area contributed by atoms with Crippen LogP contribution in [-0.2, 0) is 6.54 Å². The number of aliphatic imine (C=N–C) groups is 1. The van der Waals surface area contributed by atoms with E-state index in [4.69, 9.17) is 19.2 Å². The van der Waals surface area contributed by atoms with Crippen molar-refractivity contribution in [1.29, 1.82) is 0 Å². The Kier molecular flexibility index (Phi) is 5.67. The second-order valence-corrected chi connectivity index (χ2v) is 7.47. The third-order valence-electron chi connectivity index (χ3n) is 5.33. The summed E-state index contributed by atoms with van der Waals surface area (Å²) in [5.74, 6) is 2.76. The molecule has 2 aliphatic rings. The van der Waals surface area contributed by atoms with E-state index in [0.717, 1.165) is 28.4 Å². The molecule has 4 rings (SSSR count). The zero-order valence-corrected chi connectivity index (χ0v) is 18.4. The monoisotopic (exact) mass is 421 g/mol. The van der Waals surface area contributed by atoms with Gasteiger partial charge in [0.15, 0.2) is 17.3 Å². The van der Waals surface area contributed by atoms with E-state index in [9.17, 15) is 0 Å². The number of rotatable bonds is 7. The lowest BCUT2D eigenvalue weighted by molar-refractivity contribution is 0.243. The molecule has 0 saturated heterocycles. The van der Waals surface area contributed by atoms with E-state index in [1.54, 1.807) is 21.3 Å². The van der Waals surface area contributed by atoms with Crippen LogP contribution >= 0.6 is 0 Å². The van der Waals surface area contributed by atoms with Crippen LogP contribution in [0.3, 0.4) is 0 Å². The van der Waals surface area contributed by atoms with Crippen LogP contribution in [0.4, 0.5) is 0 Å². The van der Waals surface area contributed by atoms with Gasteiger partial charge in [-0.15, -0.1) is 0 Å². The molecule has 31 heavy (non-hydrogen) atoms. The Labute approximate surface area is 182 Å². The predicted octanol–water partition coefficient (Wildman–Crippen LogP) is 3.09. The van der Waals surface area contributed by atoms with Gasteiger partial charge < -0.3 is 14.2 Å². The molecular formula is C23H27N5O3. The molecule has 0 bridgehead atoms. The van der Waals surface area contributed by atoms with Crippen molar-refractivity contribution >= 4 is 11.3 Å². The Balaban J connectivity index is 1.74. The topological polar surface area (TPSA) is 80.2 Å². The summed E-state index contributed by atoms with van der Waals surface area (Å²) >= 11 is 0. The van der Waals surface area contributed by atoms with E-state index in [1.165, 1.54) is 0 Å². The van der Waals surface area contributed by atoms with Crippen LogP contribution in [0.5, 0.6) is 17.4 Å². The number of ether oxygens (including phenoxy) is 3. The third kappa shape index (κ3) is 3.99. The second-order valence-electron chi connectivity index (χ2n) is 7.47. The van der Waals surface area contributed by atoms with E-state index in [0.29, 0.717) is 23.9 Å². The van der Waals surface area contributed by atoms with Crippen molar-refractivity contribution in [2.24, 2.45) is 4.99 Å². The standard InChI is InChI=1S/C23H27N5O3/c1-15-11-12-28-22(25-15)21(16-9-10-18(29-3)19(13-16)30-4)23(2,27-28)24-14-17-7-6-8-20(26-17)31-5/h6-13,24,27H,14H2,1-5H3. The number of hydrogen-bond donors (Lipinski definition) is 2. The molecule has 2 N–H and O–H groups in total. The molecule has 1 unspecified atom stereocenters.